The number of ether oxygens (including phenoxy) is 1. The van der Waals surface area contributed by atoms with Crippen LogP contribution in [0.25, 0.3) is 0 Å². The molecule has 190 valence electrons. The van der Waals surface area contributed by atoms with Crippen LogP contribution in [-0.2, 0) is 21.0 Å². The SMILES string of the molecule is CC(C)(Oc1ccccc1C(F)(F)F)C(=O)NC1CC2CCC(C1)N2c1ccc(S(N)(=O)=O)cn1. The molecule has 1 aromatic heterocycles. The van der Waals surface area contributed by atoms with E-state index in [0.29, 0.717) is 18.7 Å². The minimum atomic E-state index is -4.60. The van der Waals surface area contributed by atoms with Gasteiger partial charge in [0.25, 0.3) is 5.91 Å². The fourth-order valence-electron chi connectivity index (χ4n) is 4.83. The average molecular weight is 513 g/mol. The summed E-state index contributed by atoms with van der Waals surface area (Å²) in [4.78, 5) is 19.4. The van der Waals surface area contributed by atoms with Gasteiger partial charge in [0.05, 0.1) is 5.56 Å². The topological polar surface area (TPSA) is 115 Å². The number of anilines is 1. The van der Waals surface area contributed by atoms with Gasteiger partial charge in [-0.05, 0) is 63.8 Å². The van der Waals surface area contributed by atoms with Crippen LogP contribution < -0.4 is 20.1 Å². The van der Waals surface area contributed by atoms with Gasteiger partial charge < -0.3 is 15.0 Å². The zero-order valence-corrected chi connectivity index (χ0v) is 20.1. The smallest absolute Gasteiger partial charge is 0.419 e. The number of nitrogens with zero attached hydrogens (tertiary/aromatic N) is 2. The Kier molecular flexibility index (Phi) is 6.47. The molecule has 2 saturated heterocycles. The van der Waals surface area contributed by atoms with Gasteiger partial charge in [-0.3, -0.25) is 4.79 Å². The van der Waals surface area contributed by atoms with Crippen molar-refractivity contribution < 1.29 is 31.1 Å². The van der Waals surface area contributed by atoms with Crippen molar-refractivity contribution in [2.24, 2.45) is 5.14 Å². The molecular formula is C23H27F3N4O4S. The Morgan fingerprint density at radius 3 is 2.29 bits per heavy atom. The van der Waals surface area contributed by atoms with E-state index in [9.17, 15) is 26.4 Å². The van der Waals surface area contributed by atoms with Gasteiger partial charge in [0.2, 0.25) is 10.0 Å². The summed E-state index contributed by atoms with van der Waals surface area (Å²) in [5.41, 5.74) is -2.46. The molecule has 2 unspecified atom stereocenters. The summed E-state index contributed by atoms with van der Waals surface area (Å²) in [6.45, 7) is 2.88. The number of para-hydroxylation sites is 1. The number of aromatic nitrogens is 1. The lowest BCUT2D eigenvalue weighted by atomic mass is 9.96. The largest absolute Gasteiger partial charge is 0.477 e. The highest BCUT2D eigenvalue weighted by Crippen LogP contribution is 2.40. The fraction of sp³-hybridized carbons (Fsp3) is 0.478. The van der Waals surface area contributed by atoms with E-state index in [1.165, 1.54) is 44.3 Å². The number of pyridine rings is 1. The molecule has 0 radical (unpaired) electrons. The lowest BCUT2D eigenvalue weighted by molar-refractivity contribution is -0.143. The lowest BCUT2D eigenvalue weighted by Gasteiger charge is -2.41. The third-order valence-corrected chi connectivity index (χ3v) is 7.39. The van der Waals surface area contributed by atoms with Crippen LogP contribution in [0.2, 0.25) is 0 Å². The number of hydrogen-bond donors (Lipinski definition) is 2. The molecule has 8 nitrogen and oxygen atoms in total. The minimum Gasteiger partial charge on any atom is -0.477 e. The third kappa shape index (κ3) is 5.37. The Morgan fingerprint density at radius 2 is 1.74 bits per heavy atom. The molecule has 2 bridgehead atoms. The monoisotopic (exact) mass is 512 g/mol. The van der Waals surface area contributed by atoms with Gasteiger partial charge in [-0.2, -0.15) is 13.2 Å². The number of piperidine rings is 1. The Labute approximate surface area is 201 Å². The molecule has 35 heavy (non-hydrogen) atoms. The number of primary sulfonamides is 1. The van der Waals surface area contributed by atoms with E-state index >= 15 is 0 Å². The summed E-state index contributed by atoms with van der Waals surface area (Å²) in [6.07, 6.45) is -0.360. The molecule has 3 N–H and O–H groups in total. The Bertz CT molecular complexity index is 1190. The first-order chi connectivity index (χ1) is 16.3. The van der Waals surface area contributed by atoms with Gasteiger partial charge in [-0.25, -0.2) is 18.5 Å². The number of carbonyl (C=O) groups excluding carboxylic acids is 1. The van der Waals surface area contributed by atoms with Crippen molar-refractivity contribution in [3.05, 3.63) is 48.2 Å². The highest BCUT2D eigenvalue weighted by atomic mass is 32.2. The van der Waals surface area contributed by atoms with Crippen molar-refractivity contribution in [1.29, 1.82) is 0 Å². The zero-order valence-electron chi connectivity index (χ0n) is 19.2. The van der Waals surface area contributed by atoms with Crippen molar-refractivity contribution in [1.82, 2.24) is 10.3 Å². The molecule has 0 spiro atoms. The van der Waals surface area contributed by atoms with Crippen molar-refractivity contribution >= 4 is 21.7 Å². The molecule has 2 aliphatic rings. The van der Waals surface area contributed by atoms with Crippen molar-refractivity contribution in [2.45, 2.75) is 74.3 Å². The molecule has 2 aliphatic heterocycles. The average Bonchev–Trinajstić information content (AvgIpc) is 3.03. The number of alkyl halides is 3. The molecular weight excluding hydrogens is 485 g/mol. The van der Waals surface area contributed by atoms with Gasteiger partial charge >= 0.3 is 6.18 Å². The first-order valence-electron chi connectivity index (χ1n) is 11.2. The van der Waals surface area contributed by atoms with E-state index < -0.39 is 39.0 Å². The molecule has 2 atom stereocenters. The Balaban J connectivity index is 1.42. The fourth-order valence-corrected chi connectivity index (χ4v) is 5.29. The number of amides is 1. The maximum atomic E-state index is 13.3. The standard InChI is InChI=1S/C23H27F3N4O4S/c1-22(2,34-19-6-4-3-5-18(19)23(24,25)26)21(31)29-14-11-15-7-8-16(12-14)30(15)20-10-9-17(13-28-20)35(27,32)33/h3-6,9-10,13-16H,7-8,11-12H2,1-2H3,(H,29,31)(H2,27,32,33). The molecule has 12 heteroatoms. The summed E-state index contributed by atoms with van der Waals surface area (Å²) in [5.74, 6) is -0.255. The van der Waals surface area contributed by atoms with Crippen molar-refractivity contribution in [2.75, 3.05) is 4.90 Å². The molecule has 0 saturated carbocycles. The van der Waals surface area contributed by atoms with Crippen molar-refractivity contribution in [3.8, 4) is 5.75 Å². The molecule has 1 aromatic carbocycles. The van der Waals surface area contributed by atoms with Crippen LogP contribution >= 0.6 is 0 Å². The quantitative estimate of drug-likeness (QED) is 0.614. The van der Waals surface area contributed by atoms with E-state index in [1.807, 2.05) is 0 Å². The van der Waals surface area contributed by atoms with Gasteiger partial charge in [-0.1, -0.05) is 12.1 Å². The molecule has 0 aliphatic carbocycles. The predicted octanol–water partition coefficient (Wildman–Crippen LogP) is 3.22. The maximum Gasteiger partial charge on any atom is 0.419 e. The second kappa shape index (κ2) is 8.98. The molecule has 3 heterocycles. The first-order valence-corrected chi connectivity index (χ1v) is 12.7. The van der Waals surface area contributed by atoms with Crippen LogP contribution in [0.15, 0.2) is 47.5 Å². The van der Waals surface area contributed by atoms with E-state index in [-0.39, 0.29) is 23.0 Å². The van der Waals surface area contributed by atoms with Gasteiger partial charge in [0, 0.05) is 24.3 Å². The number of nitrogens with one attached hydrogen (secondary N) is 1. The van der Waals surface area contributed by atoms with Crippen LogP contribution in [0.1, 0.15) is 45.1 Å². The first kappa shape index (κ1) is 25.2. The van der Waals surface area contributed by atoms with Crippen LogP contribution in [0.3, 0.4) is 0 Å². The Morgan fingerprint density at radius 1 is 1.11 bits per heavy atom. The van der Waals surface area contributed by atoms with Crippen LogP contribution in [0, 0.1) is 0 Å². The number of fused-ring (bicyclic) bond motifs is 2. The number of hydrogen-bond acceptors (Lipinski definition) is 6. The third-order valence-electron chi connectivity index (χ3n) is 6.49. The number of benzene rings is 1. The Hall–Kier alpha value is -2.86. The summed E-state index contributed by atoms with van der Waals surface area (Å²) in [5, 5.41) is 8.09. The van der Waals surface area contributed by atoms with Gasteiger partial charge in [0.1, 0.15) is 16.5 Å². The summed E-state index contributed by atoms with van der Waals surface area (Å²) < 4.78 is 68.5. The number of sulfonamides is 1. The number of carbonyl (C=O) groups is 1. The molecule has 1 amide bonds. The summed E-state index contributed by atoms with van der Waals surface area (Å²) >= 11 is 0. The number of rotatable bonds is 6. The maximum absolute atomic E-state index is 13.3. The minimum absolute atomic E-state index is 0.0647. The van der Waals surface area contributed by atoms with Crippen LogP contribution in [0.5, 0.6) is 5.75 Å². The molecule has 2 aromatic rings. The second-order valence-corrected chi connectivity index (χ2v) is 11.0. The highest BCUT2D eigenvalue weighted by Gasteiger charge is 2.44. The lowest BCUT2D eigenvalue weighted by Crippen LogP contribution is -2.55. The van der Waals surface area contributed by atoms with Gasteiger partial charge in [-0.15, -0.1) is 0 Å². The van der Waals surface area contributed by atoms with E-state index in [2.05, 4.69) is 15.2 Å². The molecule has 4 rings (SSSR count). The highest BCUT2D eigenvalue weighted by molar-refractivity contribution is 7.89. The van der Waals surface area contributed by atoms with Crippen molar-refractivity contribution in [3.63, 3.8) is 0 Å². The van der Waals surface area contributed by atoms with Gasteiger partial charge in [0.15, 0.2) is 5.60 Å². The predicted molar refractivity (Wildman–Crippen MR) is 122 cm³/mol. The summed E-state index contributed by atoms with van der Waals surface area (Å²) in [7, 11) is -3.83. The number of nitrogens with two attached hydrogens (primary N) is 1. The molecule has 2 fully saturated rings. The van der Waals surface area contributed by atoms with E-state index in [1.54, 1.807) is 6.07 Å². The zero-order chi connectivity index (χ0) is 25.6. The van der Waals surface area contributed by atoms with E-state index in [4.69, 9.17) is 9.88 Å². The normalized spacial score (nSPS) is 22.7. The second-order valence-electron chi connectivity index (χ2n) is 9.44. The number of halogens is 3. The summed E-state index contributed by atoms with van der Waals surface area (Å²) in [6, 6.07) is 7.84. The van der Waals surface area contributed by atoms with E-state index in [0.717, 1.165) is 18.9 Å². The van der Waals surface area contributed by atoms with Crippen LogP contribution in [-0.4, -0.2) is 43.0 Å². The van der Waals surface area contributed by atoms with Crippen LogP contribution in [0.4, 0.5) is 19.0 Å².